The molecule has 3 aliphatic rings. The van der Waals surface area contributed by atoms with Gasteiger partial charge in [-0.2, -0.15) is 0 Å². The molecule has 3 unspecified atom stereocenters. The zero-order valence-electron chi connectivity index (χ0n) is 9.24. The molecule has 0 heterocycles. The fourth-order valence-electron chi connectivity index (χ4n) is 2.79. The molecule has 3 rings (SSSR count). The standard InChI is InChI=1S/C12H7Br7/c13-8-4-2-1-3-5-6(4)7(9(14)10(8)15)12(18,19)11(5,16)17/h2-3,8-10H,1H2. The smallest absolute Gasteiger partial charge is 0.0859 e. The van der Waals surface area contributed by atoms with Crippen molar-refractivity contribution in [2.45, 2.75) is 27.4 Å². The van der Waals surface area contributed by atoms with Crippen molar-refractivity contribution in [3.63, 3.8) is 0 Å². The number of hydrogen-bond donors (Lipinski definition) is 0. The third-order valence-electron chi connectivity index (χ3n) is 3.69. The van der Waals surface area contributed by atoms with E-state index in [1.165, 1.54) is 22.3 Å². The van der Waals surface area contributed by atoms with E-state index in [-0.39, 0.29) is 11.3 Å². The first-order valence-electron chi connectivity index (χ1n) is 5.55. The molecule has 0 saturated heterocycles. The molecule has 0 bridgehead atoms. The van der Waals surface area contributed by atoms with Crippen molar-refractivity contribution in [1.29, 1.82) is 0 Å². The molecule has 0 aromatic heterocycles. The van der Waals surface area contributed by atoms with Crippen molar-refractivity contribution in [2.75, 3.05) is 0 Å². The Morgan fingerprint density at radius 3 is 2.16 bits per heavy atom. The summed E-state index contributed by atoms with van der Waals surface area (Å²) < 4.78 is -0.697. The Morgan fingerprint density at radius 1 is 0.895 bits per heavy atom. The third kappa shape index (κ3) is 2.14. The largest absolute Gasteiger partial charge is 0.134 e. The van der Waals surface area contributed by atoms with Crippen LogP contribution < -0.4 is 0 Å². The molecule has 0 aromatic carbocycles. The molecule has 0 aliphatic heterocycles. The van der Waals surface area contributed by atoms with Gasteiger partial charge in [-0.15, -0.1) is 0 Å². The number of allylic oxidation sites excluding steroid dienone is 6. The molecule has 7 heteroatoms. The summed E-state index contributed by atoms with van der Waals surface area (Å²) in [6, 6.07) is 0. The summed E-state index contributed by atoms with van der Waals surface area (Å²) in [5, 5.41) is 0. The second-order valence-electron chi connectivity index (χ2n) is 4.70. The van der Waals surface area contributed by atoms with Crippen LogP contribution in [0.2, 0.25) is 0 Å². The summed E-state index contributed by atoms with van der Waals surface area (Å²) in [7, 11) is 0. The van der Waals surface area contributed by atoms with E-state index >= 15 is 0 Å². The van der Waals surface area contributed by atoms with E-state index in [1.807, 2.05) is 0 Å². The van der Waals surface area contributed by atoms with Crippen molar-refractivity contribution in [3.05, 3.63) is 34.4 Å². The monoisotopic (exact) mass is 703 g/mol. The lowest BCUT2D eigenvalue weighted by Gasteiger charge is -2.36. The van der Waals surface area contributed by atoms with Crippen LogP contribution in [0.15, 0.2) is 34.4 Å². The van der Waals surface area contributed by atoms with Gasteiger partial charge in [0.15, 0.2) is 0 Å². The predicted molar refractivity (Wildman–Crippen MR) is 107 cm³/mol. The van der Waals surface area contributed by atoms with Crippen LogP contribution in [0.5, 0.6) is 0 Å². The Bertz CT molecular complexity index is 540. The molecular formula is C12H7Br7. The number of halogens is 7. The van der Waals surface area contributed by atoms with E-state index in [0.717, 1.165) is 6.42 Å². The average Bonchev–Trinajstić information content (AvgIpc) is 2.50. The van der Waals surface area contributed by atoms with Crippen LogP contribution in [-0.4, -0.2) is 20.9 Å². The zero-order valence-corrected chi connectivity index (χ0v) is 20.3. The molecule has 0 aromatic rings. The Labute approximate surface area is 171 Å². The quantitative estimate of drug-likeness (QED) is 0.242. The van der Waals surface area contributed by atoms with E-state index < -0.39 is 0 Å². The first-order chi connectivity index (χ1) is 8.71. The molecule has 19 heavy (non-hydrogen) atoms. The molecule has 0 amide bonds. The molecule has 104 valence electrons. The van der Waals surface area contributed by atoms with Gasteiger partial charge in [0.2, 0.25) is 0 Å². The lowest BCUT2D eigenvalue weighted by molar-refractivity contribution is 0.824. The lowest BCUT2D eigenvalue weighted by Crippen LogP contribution is -2.39. The highest BCUT2D eigenvalue weighted by molar-refractivity contribution is 9.30. The highest BCUT2D eigenvalue weighted by atomic mass is 79.9. The van der Waals surface area contributed by atoms with Gasteiger partial charge in [0.05, 0.1) is 9.65 Å². The van der Waals surface area contributed by atoms with Gasteiger partial charge in [0.25, 0.3) is 0 Å². The molecule has 0 spiro atoms. The summed E-state index contributed by atoms with van der Waals surface area (Å²) in [4.78, 5) is 0.852. The first-order valence-corrected chi connectivity index (χ1v) is 11.5. The Morgan fingerprint density at radius 2 is 1.53 bits per heavy atom. The first kappa shape index (κ1) is 16.4. The zero-order chi connectivity index (χ0) is 14.2. The summed E-state index contributed by atoms with van der Waals surface area (Å²) in [6.07, 6.45) is 5.55. The third-order valence-corrected chi connectivity index (χ3v) is 14.5. The van der Waals surface area contributed by atoms with Crippen LogP contribution in [-0.2, 0) is 0 Å². The summed E-state index contributed by atoms with van der Waals surface area (Å²) in [6.45, 7) is 0. The summed E-state index contributed by atoms with van der Waals surface area (Å²) in [5.74, 6) is 0. The minimum Gasteiger partial charge on any atom is -0.0859 e. The molecule has 0 fully saturated rings. The summed E-state index contributed by atoms with van der Waals surface area (Å²) in [5.41, 5.74) is 5.32. The lowest BCUT2D eigenvalue weighted by atomic mass is 9.84. The van der Waals surface area contributed by atoms with Gasteiger partial charge < -0.3 is 0 Å². The van der Waals surface area contributed by atoms with Gasteiger partial charge in [-0.05, 0) is 28.7 Å². The second-order valence-corrected chi connectivity index (χ2v) is 14.6. The van der Waals surface area contributed by atoms with Crippen LogP contribution in [0, 0.1) is 0 Å². The van der Waals surface area contributed by atoms with Gasteiger partial charge >= 0.3 is 0 Å². The molecule has 0 saturated carbocycles. The number of alkyl halides is 7. The van der Waals surface area contributed by atoms with Gasteiger partial charge in [-0.1, -0.05) is 124 Å². The molecule has 0 radical (unpaired) electrons. The molecule has 3 atom stereocenters. The number of hydrogen-bond acceptors (Lipinski definition) is 0. The van der Waals surface area contributed by atoms with E-state index in [9.17, 15) is 0 Å². The molecular weight excluding hydrogens is 703 g/mol. The van der Waals surface area contributed by atoms with E-state index in [2.05, 4.69) is 124 Å². The fourth-order valence-corrected chi connectivity index (χ4v) is 8.42. The normalized spacial score (nSPS) is 38.8. The van der Waals surface area contributed by atoms with Crippen molar-refractivity contribution in [3.8, 4) is 0 Å². The Balaban J connectivity index is 2.31. The van der Waals surface area contributed by atoms with Crippen LogP contribution in [0.4, 0.5) is 0 Å². The van der Waals surface area contributed by atoms with Crippen molar-refractivity contribution in [1.82, 2.24) is 0 Å². The van der Waals surface area contributed by atoms with Crippen LogP contribution >= 0.6 is 112 Å². The Hall–Kier alpha value is 2.58. The molecule has 0 nitrogen and oxygen atoms in total. The fraction of sp³-hybridized carbons (Fsp3) is 0.500. The average molecular weight is 711 g/mol. The minimum atomic E-state index is -0.356. The minimum absolute atomic E-state index is 0.237. The highest BCUT2D eigenvalue weighted by Crippen LogP contribution is 2.69. The van der Waals surface area contributed by atoms with Crippen molar-refractivity contribution >= 4 is 112 Å². The van der Waals surface area contributed by atoms with E-state index in [4.69, 9.17) is 0 Å². The van der Waals surface area contributed by atoms with E-state index in [0.29, 0.717) is 9.65 Å². The maximum absolute atomic E-state index is 3.86. The van der Waals surface area contributed by atoms with Crippen molar-refractivity contribution in [2.24, 2.45) is 0 Å². The maximum Gasteiger partial charge on any atom is 0.134 e. The number of rotatable bonds is 0. The van der Waals surface area contributed by atoms with Crippen molar-refractivity contribution < 1.29 is 0 Å². The second kappa shape index (κ2) is 5.30. The van der Waals surface area contributed by atoms with Crippen LogP contribution in [0.3, 0.4) is 0 Å². The van der Waals surface area contributed by atoms with Gasteiger partial charge in [-0.25, -0.2) is 0 Å². The Kier molecular flexibility index (Phi) is 4.59. The highest BCUT2D eigenvalue weighted by Gasteiger charge is 2.62. The summed E-state index contributed by atoms with van der Waals surface area (Å²) >= 11 is 26.9. The van der Waals surface area contributed by atoms with Crippen LogP contribution in [0.1, 0.15) is 6.42 Å². The molecule has 0 N–H and O–H groups in total. The van der Waals surface area contributed by atoms with Crippen LogP contribution in [0.25, 0.3) is 0 Å². The van der Waals surface area contributed by atoms with Gasteiger partial charge in [0.1, 0.15) is 6.47 Å². The van der Waals surface area contributed by atoms with Gasteiger partial charge in [0, 0.05) is 4.83 Å². The SMILES string of the molecule is BrC1C2=CCC=C3C2=C(C(Br)C1Br)C(Br)(Br)C3(Br)Br. The maximum atomic E-state index is 3.86. The topological polar surface area (TPSA) is 0 Å². The van der Waals surface area contributed by atoms with Gasteiger partial charge in [-0.3, -0.25) is 0 Å². The molecule has 3 aliphatic carbocycles. The predicted octanol–water partition coefficient (Wildman–Crippen LogP) is 6.83. The van der Waals surface area contributed by atoms with E-state index in [1.54, 1.807) is 0 Å².